The topological polar surface area (TPSA) is 67.4 Å². The predicted molar refractivity (Wildman–Crippen MR) is 114 cm³/mol. The van der Waals surface area contributed by atoms with E-state index in [1.165, 1.54) is 24.2 Å². The first-order chi connectivity index (χ1) is 15.2. The van der Waals surface area contributed by atoms with Gasteiger partial charge in [0.15, 0.2) is 0 Å². The minimum Gasteiger partial charge on any atom is -0.471 e. The minimum atomic E-state index is -4.65. The molecule has 0 saturated carbocycles. The van der Waals surface area contributed by atoms with Crippen LogP contribution in [0.3, 0.4) is 0 Å². The number of pyridine rings is 2. The summed E-state index contributed by atoms with van der Waals surface area (Å²) in [4.78, 5) is 22.6. The summed E-state index contributed by atoms with van der Waals surface area (Å²) in [7, 11) is 1.43. The number of aryl methyl sites for hydroxylation is 1. The Morgan fingerprint density at radius 2 is 2.03 bits per heavy atom. The first kappa shape index (κ1) is 21.6. The average Bonchev–Trinajstić information content (AvgIpc) is 3.24. The van der Waals surface area contributed by atoms with Crippen molar-refractivity contribution in [3.05, 3.63) is 76.7 Å². The third-order valence-corrected chi connectivity index (χ3v) is 5.28. The molecule has 9 heteroatoms. The van der Waals surface area contributed by atoms with Crippen molar-refractivity contribution in [2.75, 3.05) is 23.8 Å². The van der Waals surface area contributed by atoms with Crippen LogP contribution in [0.15, 0.2) is 48.8 Å². The number of halogens is 3. The Balaban J connectivity index is 1.57. The highest BCUT2D eigenvalue weighted by atomic mass is 19.4. The van der Waals surface area contributed by atoms with Gasteiger partial charge in [0.25, 0.3) is 5.91 Å². The molecule has 0 fully saturated rings. The minimum absolute atomic E-state index is 0.223. The molecule has 1 aliphatic rings. The Labute approximate surface area is 183 Å². The van der Waals surface area contributed by atoms with E-state index in [1.807, 2.05) is 12.1 Å². The molecule has 4 rings (SSSR count). The Morgan fingerprint density at radius 1 is 1.22 bits per heavy atom. The van der Waals surface area contributed by atoms with Crippen LogP contribution in [-0.2, 0) is 19.2 Å². The number of rotatable bonds is 5. The van der Waals surface area contributed by atoms with Crippen molar-refractivity contribution < 1.29 is 22.7 Å². The molecule has 6 nitrogen and oxygen atoms in total. The van der Waals surface area contributed by atoms with Gasteiger partial charge in [-0.3, -0.25) is 9.78 Å². The van der Waals surface area contributed by atoms with Gasteiger partial charge in [-0.1, -0.05) is 6.07 Å². The molecule has 0 unspecified atom stereocenters. The number of amides is 1. The van der Waals surface area contributed by atoms with E-state index in [0.717, 1.165) is 11.8 Å². The average molecular weight is 442 g/mol. The van der Waals surface area contributed by atoms with Crippen LogP contribution in [0.1, 0.15) is 32.7 Å². The molecule has 3 aromatic rings. The molecule has 0 bridgehead atoms. The van der Waals surface area contributed by atoms with Crippen molar-refractivity contribution in [2.24, 2.45) is 0 Å². The molecule has 0 aliphatic carbocycles. The molecule has 0 radical (unpaired) electrons. The van der Waals surface area contributed by atoms with Crippen molar-refractivity contribution in [1.82, 2.24) is 9.97 Å². The maximum absolute atomic E-state index is 13.7. The number of ether oxygens (including phenoxy) is 1. The summed E-state index contributed by atoms with van der Waals surface area (Å²) < 4.78 is 46.6. The van der Waals surface area contributed by atoms with Crippen molar-refractivity contribution in [1.29, 1.82) is 0 Å². The molecule has 32 heavy (non-hydrogen) atoms. The highest BCUT2D eigenvalue weighted by Gasteiger charge is 2.37. The van der Waals surface area contributed by atoms with Gasteiger partial charge >= 0.3 is 6.18 Å². The Morgan fingerprint density at radius 3 is 2.72 bits per heavy atom. The van der Waals surface area contributed by atoms with Gasteiger partial charge in [0.05, 0.1) is 28.7 Å². The van der Waals surface area contributed by atoms with Gasteiger partial charge in [0.2, 0.25) is 5.88 Å². The van der Waals surface area contributed by atoms with Crippen LogP contribution >= 0.6 is 0 Å². The van der Waals surface area contributed by atoms with E-state index in [-0.39, 0.29) is 12.2 Å². The zero-order chi connectivity index (χ0) is 22.9. The monoisotopic (exact) mass is 442 g/mol. The fourth-order valence-electron chi connectivity index (χ4n) is 3.56. The number of hydrogen-bond acceptors (Lipinski definition) is 5. The van der Waals surface area contributed by atoms with Crippen LogP contribution < -0.4 is 15.0 Å². The van der Waals surface area contributed by atoms with Crippen LogP contribution in [0.5, 0.6) is 5.88 Å². The molecule has 166 valence electrons. The predicted octanol–water partition coefficient (Wildman–Crippen LogP) is 4.63. The van der Waals surface area contributed by atoms with Crippen molar-refractivity contribution in [3.8, 4) is 5.88 Å². The summed E-state index contributed by atoms with van der Waals surface area (Å²) in [6.45, 7) is 2.52. The fraction of sp³-hybridized carbons (Fsp3) is 0.261. The second kappa shape index (κ2) is 8.49. The number of fused-ring (bicyclic) bond motifs is 1. The molecule has 2 aromatic heterocycles. The van der Waals surface area contributed by atoms with Crippen molar-refractivity contribution in [3.63, 3.8) is 0 Å². The lowest BCUT2D eigenvalue weighted by atomic mass is 10.00. The molecular formula is C23H21F3N4O2. The molecule has 1 aromatic carbocycles. The summed E-state index contributed by atoms with van der Waals surface area (Å²) in [6.07, 6.45) is -1.02. The standard InChI is InChI=1S/C23H21F3N4O2/c1-14-9-17(12-29-21(14)32-13-16-5-3-4-7-27-16)30(2)22(31)18-10-15-6-8-28-20(15)11-19(18)23(24,25)26/h3-5,7,9-12,28H,6,8,13H2,1-2H3. The largest absolute Gasteiger partial charge is 0.471 e. The highest BCUT2D eigenvalue weighted by molar-refractivity contribution is 6.07. The number of carbonyl (C=O) groups excluding carboxylic acids is 1. The highest BCUT2D eigenvalue weighted by Crippen LogP contribution is 2.38. The first-order valence-electron chi connectivity index (χ1n) is 9.99. The summed E-state index contributed by atoms with van der Waals surface area (Å²) in [5.41, 5.74) is 1.52. The van der Waals surface area contributed by atoms with Gasteiger partial charge in [-0.2, -0.15) is 13.2 Å². The van der Waals surface area contributed by atoms with Crippen LogP contribution in [0.4, 0.5) is 24.5 Å². The SMILES string of the molecule is Cc1cc(N(C)C(=O)c2cc3c(cc2C(F)(F)F)NCC3)cnc1OCc1ccccn1. The number of nitrogens with one attached hydrogen (secondary N) is 1. The van der Waals surface area contributed by atoms with E-state index >= 15 is 0 Å². The smallest absolute Gasteiger partial charge is 0.417 e. The molecular weight excluding hydrogens is 421 g/mol. The summed E-state index contributed by atoms with van der Waals surface area (Å²) >= 11 is 0. The fourth-order valence-corrected chi connectivity index (χ4v) is 3.56. The number of alkyl halides is 3. The zero-order valence-electron chi connectivity index (χ0n) is 17.5. The van der Waals surface area contributed by atoms with Gasteiger partial charge in [0.1, 0.15) is 6.61 Å². The van der Waals surface area contributed by atoms with Gasteiger partial charge in [-0.05, 0) is 49.2 Å². The van der Waals surface area contributed by atoms with Crippen LogP contribution in [0.25, 0.3) is 0 Å². The van der Waals surface area contributed by atoms with E-state index < -0.39 is 17.6 Å². The van der Waals surface area contributed by atoms with Gasteiger partial charge < -0.3 is 15.0 Å². The molecule has 1 aliphatic heterocycles. The lowest BCUT2D eigenvalue weighted by molar-refractivity contribution is -0.137. The summed E-state index contributed by atoms with van der Waals surface area (Å²) in [6, 6.07) is 9.47. The second-order valence-electron chi connectivity index (χ2n) is 7.52. The lowest BCUT2D eigenvalue weighted by Gasteiger charge is -2.21. The number of nitrogens with zero attached hydrogens (tertiary/aromatic N) is 3. The van der Waals surface area contributed by atoms with E-state index in [2.05, 4.69) is 15.3 Å². The number of benzene rings is 1. The first-order valence-corrected chi connectivity index (χ1v) is 9.99. The number of aromatic nitrogens is 2. The third kappa shape index (κ3) is 4.37. The summed E-state index contributed by atoms with van der Waals surface area (Å²) in [5, 5.41) is 2.92. The normalized spacial score (nSPS) is 12.8. The third-order valence-electron chi connectivity index (χ3n) is 5.28. The summed E-state index contributed by atoms with van der Waals surface area (Å²) in [5.74, 6) is -0.393. The van der Waals surface area contributed by atoms with Crippen LogP contribution in [0.2, 0.25) is 0 Å². The molecule has 1 N–H and O–H groups in total. The molecule has 0 spiro atoms. The lowest BCUT2D eigenvalue weighted by Crippen LogP contribution is -2.29. The maximum Gasteiger partial charge on any atom is 0.417 e. The van der Waals surface area contributed by atoms with Gasteiger partial charge in [-0.15, -0.1) is 0 Å². The van der Waals surface area contributed by atoms with E-state index in [9.17, 15) is 18.0 Å². The Bertz CT molecular complexity index is 1150. The van der Waals surface area contributed by atoms with Gasteiger partial charge in [0, 0.05) is 31.0 Å². The van der Waals surface area contributed by atoms with Crippen LogP contribution in [0, 0.1) is 6.92 Å². The molecule has 3 heterocycles. The van der Waals surface area contributed by atoms with Crippen molar-refractivity contribution >= 4 is 17.3 Å². The second-order valence-corrected chi connectivity index (χ2v) is 7.52. The molecule has 0 atom stereocenters. The number of carbonyl (C=O) groups is 1. The molecule has 0 saturated heterocycles. The zero-order valence-corrected chi connectivity index (χ0v) is 17.5. The number of anilines is 2. The quantitative estimate of drug-likeness (QED) is 0.624. The number of hydrogen-bond donors (Lipinski definition) is 1. The van der Waals surface area contributed by atoms with E-state index in [0.29, 0.717) is 41.3 Å². The van der Waals surface area contributed by atoms with Gasteiger partial charge in [-0.25, -0.2) is 4.98 Å². The Kier molecular flexibility index (Phi) is 5.73. The van der Waals surface area contributed by atoms with E-state index in [1.54, 1.807) is 25.3 Å². The Hall–Kier alpha value is -3.62. The maximum atomic E-state index is 13.7. The van der Waals surface area contributed by atoms with E-state index in [4.69, 9.17) is 4.74 Å². The molecule has 1 amide bonds. The van der Waals surface area contributed by atoms with Crippen molar-refractivity contribution in [2.45, 2.75) is 26.1 Å². The van der Waals surface area contributed by atoms with Crippen LogP contribution in [-0.4, -0.2) is 29.5 Å².